The van der Waals surface area contributed by atoms with E-state index in [-0.39, 0.29) is 11.7 Å². The second kappa shape index (κ2) is 7.84. The van der Waals surface area contributed by atoms with Crippen molar-refractivity contribution in [2.75, 3.05) is 24.5 Å². The summed E-state index contributed by atoms with van der Waals surface area (Å²) in [5, 5.41) is 10.6. The number of carbonyl (C=O) groups excluding carboxylic acids is 1. The van der Waals surface area contributed by atoms with Gasteiger partial charge in [-0.15, -0.1) is 0 Å². The molecule has 4 fully saturated rings. The summed E-state index contributed by atoms with van der Waals surface area (Å²) in [5.41, 5.74) is 5.02. The number of piperidine rings is 1. The fraction of sp³-hybridized carbons (Fsp3) is 0.448. The molecule has 2 saturated heterocycles. The Balaban J connectivity index is 1.05. The van der Waals surface area contributed by atoms with Crippen LogP contribution >= 0.6 is 0 Å². The van der Waals surface area contributed by atoms with E-state index in [0.717, 1.165) is 38.4 Å². The van der Waals surface area contributed by atoms with Crippen molar-refractivity contribution in [1.29, 1.82) is 0 Å². The van der Waals surface area contributed by atoms with Gasteiger partial charge in [-0.3, -0.25) is 9.80 Å². The van der Waals surface area contributed by atoms with Crippen molar-refractivity contribution in [3.8, 4) is 0 Å². The lowest BCUT2D eigenvalue weighted by molar-refractivity contribution is -0.000889. The Labute approximate surface area is 210 Å². The highest BCUT2D eigenvalue weighted by Crippen LogP contribution is 2.63. The van der Waals surface area contributed by atoms with Crippen molar-refractivity contribution in [3.63, 3.8) is 0 Å². The van der Waals surface area contributed by atoms with Crippen LogP contribution in [0.15, 0.2) is 48.7 Å². The van der Waals surface area contributed by atoms with E-state index >= 15 is 0 Å². The maximum absolute atomic E-state index is 12.7. The van der Waals surface area contributed by atoms with E-state index in [1.54, 1.807) is 22.6 Å². The third kappa shape index (κ3) is 3.52. The molecule has 1 spiro atoms. The number of carboxylic acids is 1. The average Bonchev–Trinajstić information content (AvgIpc) is 3.80. The molecule has 0 atom stereocenters. The monoisotopic (exact) mass is 485 g/mol. The lowest BCUT2D eigenvalue weighted by Crippen LogP contribution is -2.46. The van der Waals surface area contributed by atoms with Crippen LogP contribution in [0.1, 0.15) is 60.0 Å². The number of anilines is 1. The number of aromatic amines is 1. The molecule has 0 radical (unpaired) electrons. The first-order valence-corrected chi connectivity index (χ1v) is 13.1. The largest absolute Gasteiger partial charge is 0.478 e. The molecular formula is C29H31N3O4. The number of fused-ring (bicyclic) bond motifs is 1. The van der Waals surface area contributed by atoms with Gasteiger partial charge in [-0.05, 0) is 78.5 Å². The van der Waals surface area contributed by atoms with Crippen LogP contribution in [0.25, 0.3) is 10.9 Å². The summed E-state index contributed by atoms with van der Waals surface area (Å²) in [4.78, 5) is 31.5. The lowest BCUT2D eigenvalue weighted by Gasteiger charge is -2.37. The molecule has 7 rings (SSSR count). The van der Waals surface area contributed by atoms with Crippen molar-refractivity contribution >= 4 is 28.7 Å². The molecule has 7 nitrogen and oxygen atoms in total. The molecule has 2 aliphatic carbocycles. The van der Waals surface area contributed by atoms with Crippen LogP contribution in [-0.4, -0.2) is 52.3 Å². The van der Waals surface area contributed by atoms with Crippen LogP contribution in [0.4, 0.5) is 10.5 Å². The smallest absolute Gasteiger partial charge is 0.415 e. The van der Waals surface area contributed by atoms with Crippen molar-refractivity contribution in [2.24, 2.45) is 5.92 Å². The summed E-state index contributed by atoms with van der Waals surface area (Å²) in [6.07, 6.45) is 8.85. The predicted octanol–water partition coefficient (Wildman–Crippen LogP) is 5.30. The molecule has 2 aromatic carbocycles. The summed E-state index contributed by atoms with van der Waals surface area (Å²) in [6.45, 7) is 3.17. The second-order valence-electron chi connectivity index (χ2n) is 11.2. The van der Waals surface area contributed by atoms with Crippen LogP contribution in [-0.2, 0) is 16.7 Å². The van der Waals surface area contributed by atoms with Gasteiger partial charge < -0.3 is 14.8 Å². The van der Waals surface area contributed by atoms with E-state index in [1.165, 1.54) is 54.3 Å². The lowest BCUT2D eigenvalue weighted by atomic mass is 9.87. The molecule has 186 valence electrons. The SMILES string of the molecule is O=C(O)c1ccc(N2CC3(CCN(Cc4c[nH]c5cccc(C6(C7CC7)CC6)c45)CC3)OC2=O)cc1. The number of carboxylic acid groups (broad SMARTS) is 1. The topological polar surface area (TPSA) is 85.9 Å². The highest BCUT2D eigenvalue weighted by atomic mass is 16.6. The zero-order valence-corrected chi connectivity index (χ0v) is 20.3. The van der Waals surface area contributed by atoms with E-state index in [9.17, 15) is 9.59 Å². The first-order chi connectivity index (χ1) is 17.5. The van der Waals surface area contributed by atoms with Gasteiger partial charge in [0.05, 0.1) is 12.1 Å². The van der Waals surface area contributed by atoms with Crippen molar-refractivity contribution in [1.82, 2.24) is 9.88 Å². The number of amides is 1. The second-order valence-corrected chi connectivity index (χ2v) is 11.2. The number of aromatic carboxylic acids is 1. The van der Waals surface area contributed by atoms with Crippen LogP contribution in [0.5, 0.6) is 0 Å². The zero-order valence-electron chi connectivity index (χ0n) is 20.3. The van der Waals surface area contributed by atoms with Crippen molar-refractivity contribution in [2.45, 2.75) is 56.1 Å². The first kappa shape index (κ1) is 21.9. The number of H-pyrrole nitrogens is 1. The van der Waals surface area contributed by atoms with Gasteiger partial charge in [-0.2, -0.15) is 0 Å². The molecule has 3 heterocycles. The molecule has 7 heteroatoms. The highest BCUT2D eigenvalue weighted by Gasteiger charge is 2.55. The third-order valence-electron chi connectivity index (χ3n) is 9.03. The van der Waals surface area contributed by atoms with Crippen LogP contribution in [0.2, 0.25) is 0 Å². The number of benzene rings is 2. The number of hydrogen-bond donors (Lipinski definition) is 2. The number of aromatic nitrogens is 1. The van der Waals surface area contributed by atoms with Crippen molar-refractivity contribution < 1.29 is 19.4 Å². The normalized spacial score (nSPS) is 22.8. The minimum Gasteiger partial charge on any atom is -0.478 e. The minimum absolute atomic E-state index is 0.208. The third-order valence-corrected chi connectivity index (χ3v) is 9.03. The molecule has 2 saturated carbocycles. The zero-order chi connectivity index (χ0) is 24.5. The molecule has 0 bridgehead atoms. The van der Waals surface area contributed by atoms with E-state index in [0.29, 0.717) is 17.6 Å². The number of rotatable bonds is 6. The minimum atomic E-state index is -0.975. The maximum Gasteiger partial charge on any atom is 0.415 e. The Kier molecular flexibility index (Phi) is 4.77. The predicted molar refractivity (Wildman–Crippen MR) is 136 cm³/mol. The molecule has 1 aromatic heterocycles. The molecule has 36 heavy (non-hydrogen) atoms. The van der Waals surface area contributed by atoms with Gasteiger partial charge in [0, 0.05) is 55.3 Å². The van der Waals surface area contributed by atoms with Crippen molar-refractivity contribution in [3.05, 3.63) is 65.4 Å². The molecular weight excluding hydrogens is 454 g/mol. The Morgan fingerprint density at radius 2 is 1.81 bits per heavy atom. The van der Waals surface area contributed by atoms with Gasteiger partial charge >= 0.3 is 12.1 Å². The van der Waals surface area contributed by atoms with E-state index in [2.05, 4.69) is 34.3 Å². The molecule has 0 unspecified atom stereocenters. The molecule has 4 aliphatic rings. The van der Waals surface area contributed by atoms with Gasteiger partial charge in [-0.1, -0.05) is 12.1 Å². The van der Waals surface area contributed by atoms with Gasteiger partial charge in [0.25, 0.3) is 0 Å². The fourth-order valence-corrected chi connectivity index (χ4v) is 6.69. The summed E-state index contributed by atoms with van der Waals surface area (Å²) < 4.78 is 5.93. The number of carbonyl (C=O) groups is 2. The maximum atomic E-state index is 12.7. The van der Waals surface area contributed by atoms with Crippen LogP contribution in [0, 0.1) is 5.92 Å². The van der Waals surface area contributed by atoms with E-state index in [1.807, 2.05) is 0 Å². The first-order valence-electron chi connectivity index (χ1n) is 13.1. The van der Waals surface area contributed by atoms with Crippen LogP contribution < -0.4 is 4.90 Å². The van der Waals surface area contributed by atoms with E-state index < -0.39 is 11.6 Å². The standard InChI is InChI=1S/C29H31N3O4/c33-26(34)19-4-8-22(9-5-19)32-18-28(36-27(32)35)12-14-31(15-13-28)17-20-16-30-24-3-1-2-23(25(20)24)29(10-11-29)21-6-7-21/h1-5,8-9,16,21,30H,6-7,10-15,17-18H2,(H,33,34). The molecule has 1 amide bonds. The van der Waals surface area contributed by atoms with Crippen LogP contribution in [0.3, 0.4) is 0 Å². The molecule has 2 aliphatic heterocycles. The Hall–Kier alpha value is -3.32. The van der Waals surface area contributed by atoms with E-state index in [4.69, 9.17) is 9.84 Å². The Morgan fingerprint density at radius 3 is 2.47 bits per heavy atom. The van der Waals surface area contributed by atoms with Gasteiger partial charge in [0.15, 0.2) is 0 Å². The van der Waals surface area contributed by atoms with Gasteiger partial charge in [0.1, 0.15) is 5.60 Å². The average molecular weight is 486 g/mol. The summed E-state index contributed by atoms with van der Waals surface area (Å²) in [7, 11) is 0. The number of likely N-dealkylation sites (tertiary alicyclic amines) is 1. The number of ether oxygens (including phenoxy) is 1. The Bertz CT molecular complexity index is 1340. The summed E-state index contributed by atoms with van der Waals surface area (Å²) >= 11 is 0. The quantitative estimate of drug-likeness (QED) is 0.495. The van der Waals surface area contributed by atoms with Gasteiger partial charge in [0.2, 0.25) is 0 Å². The molecule has 3 aromatic rings. The summed E-state index contributed by atoms with van der Waals surface area (Å²) in [6, 6.07) is 13.2. The number of nitrogens with zero attached hydrogens (tertiary/aromatic N) is 2. The highest BCUT2D eigenvalue weighted by molar-refractivity contribution is 5.92. The number of nitrogens with one attached hydrogen (secondary N) is 1. The Morgan fingerprint density at radius 1 is 1.06 bits per heavy atom. The fourth-order valence-electron chi connectivity index (χ4n) is 6.69. The molecule has 2 N–H and O–H groups in total. The van der Waals surface area contributed by atoms with Gasteiger partial charge in [-0.25, -0.2) is 9.59 Å². The summed E-state index contributed by atoms with van der Waals surface area (Å²) in [5.74, 6) is -0.0995. The number of hydrogen-bond acceptors (Lipinski definition) is 4.